The molecule has 0 unspecified atom stereocenters. The van der Waals surface area contributed by atoms with Crippen LogP contribution in [0.15, 0.2) is 46.5 Å². The molecule has 1 aromatic carbocycles. The van der Waals surface area contributed by atoms with E-state index < -0.39 is 6.10 Å². The number of amides is 2. The van der Waals surface area contributed by atoms with Crippen LogP contribution in [0.2, 0.25) is 0 Å². The van der Waals surface area contributed by atoms with Crippen molar-refractivity contribution < 1.29 is 14.3 Å². The van der Waals surface area contributed by atoms with Gasteiger partial charge < -0.3 is 15.0 Å². The molecule has 2 aliphatic rings. The van der Waals surface area contributed by atoms with E-state index in [1.165, 1.54) is 11.8 Å². The predicted molar refractivity (Wildman–Crippen MR) is 95.1 cm³/mol. The molecule has 2 amide bonds. The third-order valence-corrected chi connectivity index (χ3v) is 5.41. The average molecular weight is 355 g/mol. The van der Waals surface area contributed by atoms with Crippen molar-refractivity contribution in [3.05, 3.63) is 42.1 Å². The fourth-order valence-electron chi connectivity index (χ4n) is 2.98. The van der Waals surface area contributed by atoms with Crippen LogP contribution in [-0.4, -0.2) is 36.6 Å². The summed E-state index contributed by atoms with van der Waals surface area (Å²) < 4.78 is 5.40. The molecule has 0 saturated carbocycles. The maximum atomic E-state index is 12.8. The lowest BCUT2D eigenvalue weighted by atomic mass is 10.1. The Bertz CT molecular complexity index is 849. The van der Waals surface area contributed by atoms with Gasteiger partial charge in [0, 0.05) is 30.4 Å². The summed E-state index contributed by atoms with van der Waals surface area (Å²) in [6.45, 7) is 0.619. The van der Waals surface area contributed by atoms with Gasteiger partial charge in [0.15, 0.2) is 0 Å². The number of benzene rings is 1. The van der Waals surface area contributed by atoms with Gasteiger partial charge in [0.05, 0.1) is 11.3 Å². The van der Waals surface area contributed by atoms with E-state index in [0.717, 1.165) is 28.5 Å². The number of rotatable bonds is 2. The molecule has 0 bridgehead atoms. The molecular weight excluding hydrogens is 338 g/mol. The minimum Gasteiger partial charge on any atom is -0.368 e. The molecule has 2 aliphatic heterocycles. The number of hydrogen-bond acceptors (Lipinski definition) is 5. The Hall–Kier alpha value is -2.38. The Morgan fingerprint density at radius 3 is 3.08 bits per heavy atom. The minimum atomic E-state index is -0.403. The molecule has 4 rings (SSSR count). The van der Waals surface area contributed by atoms with Gasteiger partial charge in [-0.1, -0.05) is 11.8 Å². The van der Waals surface area contributed by atoms with Gasteiger partial charge in [0.25, 0.3) is 11.8 Å². The quantitative estimate of drug-likeness (QED) is 0.897. The molecule has 25 heavy (non-hydrogen) atoms. The van der Waals surface area contributed by atoms with Crippen molar-refractivity contribution in [2.45, 2.75) is 28.9 Å². The molecule has 0 radical (unpaired) electrons. The average Bonchev–Trinajstić information content (AvgIpc) is 3.14. The number of carbonyl (C=O) groups is 2. The van der Waals surface area contributed by atoms with Gasteiger partial charge in [-0.3, -0.25) is 9.59 Å². The molecule has 128 valence electrons. The summed E-state index contributed by atoms with van der Waals surface area (Å²) in [7, 11) is 1.73. The molecule has 1 atom stereocenters. The number of hydrogen-bond donors (Lipinski definition) is 1. The SMILES string of the molecule is CN1C(=O)c2cc(NC(=O)[C@H]3CCCO3)ccc2Sc2ncccc21. The van der Waals surface area contributed by atoms with Crippen LogP contribution in [0.25, 0.3) is 0 Å². The maximum Gasteiger partial charge on any atom is 0.259 e. The number of pyridine rings is 1. The van der Waals surface area contributed by atoms with Gasteiger partial charge in [-0.25, -0.2) is 4.98 Å². The summed E-state index contributed by atoms with van der Waals surface area (Å²) in [5, 5.41) is 3.64. The van der Waals surface area contributed by atoms with Crippen LogP contribution in [0.4, 0.5) is 11.4 Å². The molecule has 3 heterocycles. The fourth-order valence-corrected chi connectivity index (χ4v) is 4.01. The lowest BCUT2D eigenvalue weighted by Gasteiger charge is -2.17. The molecule has 6 nitrogen and oxygen atoms in total. The molecule has 1 aromatic heterocycles. The first-order valence-corrected chi connectivity index (χ1v) is 8.92. The van der Waals surface area contributed by atoms with E-state index in [-0.39, 0.29) is 11.8 Å². The zero-order valence-electron chi connectivity index (χ0n) is 13.7. The number of fused-ring (bicyclic) bond motifs is 2. The van der Waals surface area contributed by atoms with Crippen LogP contribution in [0.5, 0.6) is 0 Å². The number of anilines is 2. The second-order valence-electron chi connectivity index (χ2n) is 6.00. The van der Waals surface area contributed by atoms with Crippen LogP contribution in [-0.2, 0) is 9.53 Å². The summed E-state index contributed by atoms with van der Waals surface area (Å²) >= 11 is 1.45. The van der Waals surface area contributed by atoms with Crippen LogP contribution >= 0.6 is 11.8 Å². The number of nitrogens with zero attached hydrogens (tertiary/aromatic N) is 2. The molecule has 1 N–H and O–H groups in total. The van der Waals surface area contributed by atoms with Gasteiger partial charge >= 0.3 is 0 Å². The normalized spacial score (nSPS) is 19.2. The highest BCUT2D eigenvalue weighted by molar-refractivity contribution is 7.99. The van der Waals surface area contributed by atoms with Crippen molar-refractivity contribution in [2.75, 3.05) is 23.9 Å². The largest absolute Gasteiger partial charge is 0.368 e. The van der Waals surface area contributed by atoms with E-state index in [0.29, 0.717) is 17.9 Å². The van der Waals surface area contributed by atoms with Crippen molar-refractivity contribution in [3.63, 3.8) is 0 Å². The van der Waals surface area contributed by atoms with Crippen LogP contribution in [0, 0.1) is 0 Å². The van der Waals surface area contributed by atoms with Crippen LogP contribution in [0.3, 0.4) is 0 Å². The maximum absolute atomic E-state index is 12.8. The third-order valence-electron chi connectivity index (χ3n) is 4.32. The minimum absolute atomic E-state index is 0.123. The number of aromatic nitrogens is 1. The standard InChI is InChI=1S/C18H17N3O3S/c1-21-13-4-2-8-19-17(13)25-15-7-6-11(10-12(15)18(21)23)20-16(22)14-5-3-9-24-14/h2,4,6-8,10,14H,3,5,9H2,1H3,(H,20,22)/t14-/m1/s1. The lowest BCUT2D eigenvalue weighted by Crippen LogP contribution is -2.28. The number of ether oxygens (including phenoxy) is 1. The Morgan fingerprint density at radius 1 is 1.40 bits per heavy atom. The molecule has 0 aliphatic carbocycles. The first-order chi connectivity index (χ1) is 12.1. The Morgan fingerprint density at radius 2 is 2.28 bits per heavy atom. The van der Waals surface area contributed by atoms with Crippen LogP contribution in [0.1, 0.15) is 23.2 Å². The first-order valence-electron chi connectivity index (χ1n) is 8.11. The van der Waals surface area contributed by atoms with Gasteiger partial charge in [-0.2, -0.15) is 0 Å². The highest BCUT2D eigenvalue weighted by Crippen LogP contribution is 2.40. The van der Waals surface area contributed by atoms with Gasteiger partial charge in [-0.15, -0.1) is 0 Å². The second kappa shape index (κ2) is 6.50. The summed E-state index contributed by atoms with van der Waals surface area (Å²) in [4.78, 5) is 31.9. The van der Waals surface area contributed by atoms with E-state index in [2.05, 4.69) is 10.3 Å². The van der Waals surface area contributed by atoms with Crippen molar-refractivity contribution in [1.82, 2.24) is 4.98 Å². The summed E-state index contributed by atoms with van der Waals surface area (Å²) in [5.74, 6) is -0.285. The first kappa shape index (κ1) is 16.1. The second-order valence-corrected chi connectivity index (χ2v) is 7.03. The topological polar surface area (TPSA) is 71.5 Å². The summed E-state index contributed by atoms with van der Waals surface area (Å²) in [5.41, 5.74) is 1.93. The molecule has 0 spiro atoms. The molecule has 7 heteroatoms. The van der Waals surface area contributed by atoms with Crippen LogP contribution < -0.4 is 10.2 Å². The Balaban J connectivity index is 1.64. The summed E-state index contributed by atoms with van der Waals surface area (Å²) in [6.07, 6.45) is 2.94. The monoisotopic (exact) mass is 355 g/mol. The van der Waals surface area contributed by atoms with E-state index in [4.69, 9.17) is 4.74 Å². The molecule has 1 saturated heterocycles. The highest BCUT2D eigenvalue weighted by Gasteiger charge is 2.27. The van der Waals surface area contributed by atoms with Crippen molar-refractivity contribution in [3.8, 4) is 0 Å². The number of carbonyl (C=O) groups excluding carboxylic acids is 2. The fraction of sp³-hybridized carbons (Fsp3) is 0.278. The van der Waals surface area contributed by atoms with E-state index in [9.17, 15) is 9.59 Å². The van der Waals surface area contributed by atoms with Gasteiger partial charge in [-0.05, 0) is 43.2 Å². The Kier molecular flexibility index (Phi) is 4.19. The van der Waals surface area contributed by atoms with Crippen molar-refractivity contribution in [2.24, 2.45) is 0 Å². The van der Waals surface area contributed by atoms with Gasteiger partial charge in [0.1, 0.15) is 11.1 Å². The lowest BCUT2D eigenvalue weighted by molar-refractivity contribution is -0.124. The predicted octanol–water partition coefficient (Wildman–Crippen LogP) is 2.94. The zero-order chi connectivity index (χ0) is 17.4. The van der Waals surface area contributed by atoms with Gasteiger partial charge in [0.2, 0.25) is 0 Å². The molecule has 2 aromatic rings. The van der Waals surface area contributed by atoms with Crippen molar-refractivity contribution in [1.29, 1.82) is 0 Å². The third kappa shape index (κ3) is 3.01. The van der Waals surface area contributed by atoms with E-state index >= 15 is 0 Å². The Labute approximate surface area is 149 Å². The van der Waals surface area contributed by atoms with E-state index in [1.807, 2.05) is 18.2 Å². The van der Waals surface area contributed by atoms with E-state index in [1.54, 1.807) is 30.3 Å². The number of nitrogens with one attached hydrogen (secondary N) is 1. The zero-order valence-corrected chi connectivity index (χ0v) is 14.5. The smallest absolute Gasteiger partial charge is 0.259 e. The highest BCUT2D eigenvalue weighted by atomic mass is 32.2. The van der Waals surface area contributed by atoms with Crippen molar-refractivity contribution >= 4 is 35.0 Å². The summed E-state index contributed by atoms with van der Waals surface area (Å²) in [6, 6.07) is 9.06. The molecular formula is C18H17N3O3S. The molecule has 1 fully saturated rings.